The van der Waals surface area contributed by atoms with Crippen molar-refractivity contribution in [2.75, 3.05) is 6.61 Å². The standard InChI is InChI=1S/C21H27FN2O4S/c22-19-10-20(28-11-12-7-14-3-4-15(8-12)23-14)17(13-1-2-13)9-18(19)21(25)24-29(26,27)16-5-6-16/h9-10,12-16,23H,1-8,11H2,(H,24,25)/t12?,14-,15?/m0/s1. The van der Waals surface area contributed by atoms with Crippen LogP contribution in [0.3, 0.4) is 0 Å². The lowest BCUT2D eigenvalue weighted by atomic mass is 9.93. The van der Waals surface area contributed by atoms with Crippen LogP contribution in [0.15, 0.2) is 12.1 Å². The molecule has 8 heteroatoms. The molecule has 29 heavy (non-hydrogen) atoms. The van der Waals surface area contributed by atoms with Gasteiger partial charge in [0.1, 0.15) is 11.6 Å². The minimum absolute atomic E-state index is 0.219. The van der Waals surface area contributed by atoms with Crippen LogP contribution < -0.4 is 14.8 Å². The van der Waals surface area contributed by atoms with Gasteiger partial charge in [-0.1, -0.05) is 0 Å². The zero-order valence-corrected chi connectivity index (χ0v) is 17.1. The summed E-state index contributed by atoms with van der Waals surface area (Å²) in [5.74, 6) is -0.426. The summed E-state index contributed by atoms with van der Waals surface area (Å²) < 4.78 is 46.9. The van der Waals surface area contributed by atoms with Gasteiger partial charge in [-0.05, 0) is 74.8 Å². The number of hydrogen-bond acceptors (Lipinski definition) is 5. The first-order chi connectivity index (χ1) is 13.9. The predicted octanol–water partition coefficient (Wildman–Crippen LogP) is 2.83. The molecule has 158 valence electrons. The number of nitrogens with one attached hydrogen (secondary N) is 2. The zero-order valence-electron chi connectivity index (χ0n) is 16.3. The Balaban J connectivity index is 1.32. The summed E-state index contributed by atoms with van der Waals surface area (Å²) in [6.07, 6.45) is 7.64. The largest absolute Gasteiger partial charge is 0.493 e. The molecule has 0 aromatic heterocycles. The maximum atomic E-state index is 14.7. The smallest absolute Gasteiger partial charge is 0.267 e. The number of fused-ring (bicyclic) bond motifs is 2. The summed E-state index contributed by atoms with van der Waals surface area (Å²) in [5, 5.41) is 3.08. The Morgan fingerprint density at radius 2 is 1.79 bits per heavy atom. The molecule has 0 radical (unpaired) electrons. The van der Waals surface area contributed by atoms with E-state index in [-0.39, 0.29) is 11.5 Å². The average molecular weight is 423 g/mol. The Morgan fingerprint density at radius 3 is 2.41 bits per heavy atom. The summed E-state index contributed by atoms with van der Waals surface area (Å²) in [7, 11) is -3.71. The van der Waals surface area contributed by atoms with Gasteiger partial charge in [-0.3, -0.25) is 4.79 Å². The number of sulfonamides is 1. The van der Waals surface area contributed by atoms with E-state index in [4.69, 9.17) is 4.74 Å². The fourth-order valence-electron chi connectivity index (χ4n) is 4.75. The van der Waals surface area contributed by atoms with Gasteiger partial charge in [0.05, 0.1) is 17.4 Å². The van der Waals surface area contributed by atoms with Crippen LogP contribution in [-0.4, -0.2) is 38.3 Å². The molecule has 2 aliphatic heterocycles. The van der Waals surface area contributed by atoms with Crippen molar-refractivity contribution in [3.8, 4) is 5.75 Å². The molecular weight excluding hydrogens is 395 g/mol. The fourth-order valence-corrected chi connectivity index (χ4v) is 6.04. The first-order valence-electron chi connectivity index (χ1n) is 10.7. The number of halogens is 1. The summed E-state index contributed by atoms with van der Waals surface area (Å²) >= 11 is 0. The van der Waals surface area contributed by atoms with Crippen LogP contribution in [0.4, 0.5) is 4.39 Å². The highest BCUT2D eigenvalue weighted by atomic mass is 32.2. The van der Waals surface area contributed by atoms with Crippen LogP contribution in [0.2, 0.25) is 0 Å². The molecule has 2 heterocycles. The van der Waals surface area contributed by atoms with E-state index in [1.807, 2.05) is 4.72 Å². The van der Waals surface area contributed by atoms with E-state index >= 15 is 0 Å². The molecule has 1 aromatic rings. The minimum Gasteiger partial charge on any atom is -0.493 e. The second kappa shape index (κ2) is 7.23. The normalized spacial score (nSPS) is 28.9. The number of rotatable bonds is 7. The molecule has 4 aliphatic rings. The highest BCUT2D eigenvalue weighted by molar-refractivity contribution is 7.91. The van der Waals surface area contributed by atoms with Gasteiger partial charge < -0.3 is 10.1 Å². The Hall–Kier alpha value is -1.67. The van der Waals surface area contributed by atoms with E-state index in [1.165, 1.54) is 25.0 Å². The van der Waals surface area contributed by atoms with Crippen molar-refractivity contribution in [3.05, 3.63) is 29.1 Å². The fraction of sp³-hybridized carbons (Fsp3) is 0.667. The van der Waals surface area contributed by atoms with Crippen LogP contribution in [0.1, 0.15) is 73.2 Å². The maximum absolute atomic E-state index is 14.7. The summed E-state index contributed by atoms with van der Waals surface area (Å²) in [6, 6.07) is 3.90. The molecule has 2 saturated carbocycles. The number of piperidine rings is 1. The topological polar surface area (TPSA) is 84.5 Å². The third kappa shape index (κ3) is 4.14. The Kier molecular flexibility index (Phi) is 4.81. The molecule has 3 atom stereocenters. The lowest BCUT2D eigenvalue weighted by molar-refractivity contribution is 0.0977. The van der Waals surface area contributed by atoms with Crippen molar-refractivity contribution in [2.24, 2.45) is 5.92 Å². The minimum atomic E-state index is -3.71. The number of ether oxygens (including phenoxy) is 1. The number of carbonyl (C=O) groups is 1. The molecule has 2 bridgehead atoms. The van der Waals surface area contributed by atoms with Gasteiger partial charge in [-0.15, -0.1) is 0 Å². The van der Waals surface area contributed by atoms with Crippen molar-refractivity contribution in [2.45, 2.75) is 74.6 Å². The van der Waals surface area contributed by atoms with Gasteiger partial charge in [0.15, 0.2) is 0 Å². The molecule has 2 saturated heterocycles. The maximum Gasteiger partial charge on any atom is 0.267 e. The van der Waals surface area contributed by atoms with E-state index in [0.29, 0.717) is 43.2 Å². The van der Waals surface area contributed by atoms with E-state index in [0.717, 1.165) is 31.2 Å². The van der Waals surface area contributed by atoms with Crippen molar-refractivity contribution >= 4 is 15.9 Å². The molecule has 0 spiro atoms. The average Bonchev–Trinajstić information content (AvgIpc) is 3.57. The van der Waals surface area contributed by atoms with Crippen LogP contribution in [0, 0.1) is 11.7 Å². The molecule has 1 aromatic carbocycles. The van der Waals surface area contributed by atoms with Crippen molar-refractivity contribution in [1.82, 2.24) is 10.0 Å². The van der Waals surface area contributed by atoms with Crippen molar-refractivity contribution in [3.63, 3.8) is 0 Å². The number of benzene rings is 1. The molecule has 2 N–H and O–H groups in total. The molecule has 6 nitrogen and oxygen atoms in total. The second-order valence-electron chi connectivity index (χ2n) is 9.11. The lowest BCUT2D eigenvalue weighted by Gasteiger charge is -2.29. The van der Waals surface area contributed by atoms with E-state index in [2.05, 4.69) is 5.32 Å². The lowest BCUT2D eigenvalue weighted by Crippen LogP contribution is -2.39. The third-order valence-electron chi connectivity index (χ3n) is 6.60. The number of carbonyl (C=O) groups excluding carboxylic acids is 1. The van der Waals surface area contributed by atoms with Crippen molar-refractivity contribution < 1.29 is 22.3 Å². The first-order valence-corrected chi connectivity index (χ1v) is 12.2. The number of hydrogen-bond donors (Lipinski definition) is 2. The van der Waals surface area contributed by atoms with Crippen LogP contribution in [0.25, 0.3) is 0 Å². The molecule has 5 rings (SSSR count). The molecule has 4 fully saturated rings. The van der Waals surface area contributed by atoms with Crippen LogP contribution >= 0.6 is 0 Å². The predicted molar refractivity (Wildman–Crippen MR) is 106 cm³/mol. The van der Waals surface area contributed by atoms with Crippen LogP contribution in [0.5, 0.6) is 5.75 Å². The van der Waals surface area contributed by atoms with E-state index in [9.17, 15) is 17.6 Å². The Morgan fingerprint density at radius 1 is 1.10 bits per heavy atom. The Labute approximate surface area is 170 Å². The third-order valence-corrected chi connectivity index (χ3v) is 8.42. The van der Waals surface area contributed by atoms with Gasteiger partial charge in [-0.2, -0.15) is 0 Å². The van der Waals surface area contributed by atoms with E-state index < -0.39 is 27.0 Å². The summed E-state index contributed by atoms with van der Waals surface area (Å²) in [6.45, 7) is 0.551. The second-order valence-corrected chi connectivity index (χ2v) is 11.1. The molecule has 2 aliphatic carbocycles. The van der Waals surface area contributed by atoms with Gasteiger partial charge in [-0.25, -0.2) is 17.5 Å². The van der Waals surface area contributed by atoms with Crippen molar-refractivity contribution in [1.29, 1.82) is 0 Å². The zero-order chi connectivity index (χ0) is 20.2. The van der Waals surface area contributed by atoms with Gasteiger partial charge in [0, 0.05) is 18.2 Å². The Bertz CT molecular complexity index is 915. The quantitative estimate of drug-likeness (QED) is 0.706. The van der Waals surface area contributed by atoms with Gasteiger partial charge in [0.2, 0.25) is 10.0 Å². The monoisotopic (exact) mass is 422 g/mol. The molecule has 1 amide bonds. The van der Waals surface area contributed by atoms with Gasteiger partial charge in [0.25, 0.3) is 5.91 Å². The molecular formula is C21H27FN2O4S. The molecule has 2 unspecified atom stereocenters. The number of amides is 1. The van der Waals surface area contributed by atoms with E-state index in [1.54, 1.807) is 0 Å². The highest BCUT2D eigenvalue weighted by Crippen LogP contribution is 2.45. The summed E-state index contributed by atoms with van der Waals surface area (Å²) in [5.41, 5.74) is 0.598. The summed E-state index contributed by atoms with van der Waals surface area (Å²) in [4.78, 5) is 12.4. The van der Waals surface area contributed by atoms with Gasteiger partial charge >= 0.3 is 0 Å². The highest BCUT2D eigenvalue weighted by Gasteiger charge is 2.38. The first kappa shape index (κ1) is 19.3. The SMILES string of the molecule is O=C(NS(=O)(=O)C1CC1)c1cc(C2CC2)c(OCC2CC3CC[C@@H](C2)N3)cc1F. The van der Waals surface area contributed by atoms with Crippen LogP contribution in [-0.2, 0) is 10.0 Å².